The van der Waals surface area contributed by atoms with E-state index in [0.717, 1.165) is 11.0 Å². The molecule has 0 saturated carbocycles. The normalized spacial score (nSPS) is 15.1. The third-order valence-corrected chi connectivity index (χ3v) is 2.46. The van der Waals surface area contributed by atoms with E-state index >= 15 is 0 Å². The Labute approximate surface area is 107 Å². The molecule has 98 valence electrons. The molecule has 8 nitrogen and oxygen atoms in total. The van der Waals surface area contributed by atoms with Crippen LogP contribution in [0.25, 0.3) is 0 Å². The summed E-state index contributed by atoms with van der Waals surface area (Å²) in [7, 11) is 0. The maximum atomic E-state index is 12.0. The fraction of sp³-hybridized carbons (Fsp3) is 0.182. The number of pyridine rings is 1. The molecule has 3 amide bonds. The summed E-state index contributed by atoms with van der Waals surface area (Å²) in [5.41, 5.74) is -0.214. The SMILES string of the molecule is O=C1CN(C(=O)c2ccnc(C(=O)O)c2)CC(=O)N1. The molecule has 1 fully saturated rings. The predicted octanol–water partition coefficient (Wildman–Crippen LogP) is -1.12. The highest BCUT2D eigenvalue weighted by Gasteiger charge is 2.27. The molecule has 1 aromatic heterocycles. The first-order valence-electron chi connectivity index (χ1n) is 5.28. The highest BCUT2D eigenvalue weighted by Crippen LogP contribution is 2.08. The van der Waals surface area contributed by atoms with Gasteiger partial charge in [-0.15, -0.1) is 0 Å². The van der Waals surface area contributed by atoms with Crippen LogP contribution in [0.5, 0.6) is 0 Å². The largest absolute Gasteiger partial charge is 0.477 e. The Morgan fingerprint density at radius 2 is 1.89 bits per heavy atom. The van der Waals surface area contributed by atoms with E-state index in [1.165, 1.54) is 12.3 Å². The summed E-state index contributed by atoms with van der Waals surface area (Å²) in [6.07, 6.45) is 1.18. The monoisotopic (exact) mass is 263 g/mol. The molecule has 0 unspecified atom stereocenters. The molecule has 2 rings (SSSR count). The van der Waals surface area contributed by atoms with E-state index in [0.29, 0.717) is 0 Å². The number of amides is 3. The van der Waals surface area contributed by atoms with Crippen molar-refractivity contribution in [3.05, 3.63) is 29.6 Å². The number of carboxylic acids is 1. The van der Waals surface area contributed by atoms with Gasteiger partial charge in [0.1, 0.15) is 18.8 Å². The standard InChI is InChI=1S/C11H9N3O5/c15-8-4-14(5-9(16)13-8)10(17)6-1-2-12-7(3-6)11(18)19/h1-3H,4-5H2,(H,18,19)(H,13,15,16). The first-order chi connectivity index (χ1) is 8.97. The molecule has 2 heterocycles. The van der Waals surface area contributed by atoms with Crippen LogP contribution in [0, 0.1) is 0 Å². The van der Waals surface area contributed by atoms with Crippen LogP contribution in [0.4, 0.5) is 0 Å². The molecule has 0 aliphatic carbocycles. The van der Waals surface area contributed by atoms with Crippen LogP contribution in [-0.4, -0.2) is 51.8 Å². The predicted molar refractivity (Wildman–Crippen MR) is 60.2 cm³/mol. The Hall–Kier alpha value is -2.77. The van der Waals surface area contributed by atoms with Gasteiger partial charge in [-0.2, -0.15) is 0 Å². The maximum absolute atomic E-state index is 12.0. The van der Waals surface area contributed by atoms with Crippen LogP contribution in [0.3, 0.4) is 0 Å². The van der Waals surface area contributed by atoms with Crippen LogP contribution < -0.4 is 5.32 Å². The molecular formula is C11H9N3O5. The minimum absolute atomic E-state index is 0.0647. The Balaban J connectivity index is 2.24. The number of aromatic carboxylic acids is 1. The smallest absolute Gasteiger partial charge is 0.354 e. The van der Waals surface area contributed by atoms with Crippen molar-refractivity contribution in [1.82, 2.24) is 15.2 Å². The van der Waals surface area contributed by atoms with Crippen molar-refractivity contribution < 1.29 is 24.3 Å². The lowest BCUT2D eigenvalue weighted by molar-refractivity contribution is -0.135. The molecule has 2 N–H and O–H groups in total. The molecule has 1 aliphatic heterocycles. The second kappa shape index (κ2) is 4.84. The van der Waals surface area contributed by atoms with Gasteiger partial charge < -0.3 is 10.0 Å². The van der Waals surface area contributed by atoms with Gasteiger partial charge in [0.2, 0.25) is 11.8 Å². The Kier molecular flexibility index (Phi) is 3.23. The molecule has 0 radical (unpaired) electrons. The number of carbonyl (C=O) groups excluding carboxylic acids is 3. The molecule has 1 aromatic rings. The van der Waals surface area contributed by atoms with Gasteiger partial charge in [0.05, 0.1) is 0 Å². The zero-order valence-electron chi connectivity index (χ0n) is 9.62. The molecule has 0 atom stereocenters. The molecule has 1 saturated heterocycles. The van der Waals surface area contributed by atoms with E-state index in [1.807, 2.05) is 0 Å². The zero-order chi connectivity index (χ0) is 14.0. The third kappa shape index (κ3) is 2.73. The minimum Gasteiger partial charge on any atom is -0.477 e. The number of carbonyl (C=O) groups is 4. The molecule has 0 bridgehead atoms. The van der Waals surface area contributed by atoms with Crippen molar-refractivity contribution in [3.63, 3.8) is 0 Å². The Morgan fingerprint density at radius 3 is 2.47 bits per heavy atom. The van der Waals surface area contributed by atoms with Gasteiger partial charge in [-0.3, -0.25) is 19.7 Å². The number of nitrogens with zero attached hydrogens (tertiary/aromatic N) is 2. The van der Waals surface area contributed by atoms with Gasteiger partial charge >= 0.3 is 5.97 Å². The summed E-state index contributed by atoms with van der Waals surface area (Å²) in [4.78, 5) is 49.7. The van der Waals surface area contributed by atoms with Crippen molar-refractivity contribution in [2.45, 2.75) is 0 Å². The molecule has 0 aromatic carbocycles. The van der Waals surface area contributed by atoms with Crippen LogP contribution in [-0.2, 0) is 9.59 Å². The summed E-state index contributed by atoms with van der Waals surface area (Å²) < 4.78 is 0. The van der Waals surface area contributed by atoms with E-state index in [-0.39, 0.29) is 24.3 Å². The average Bonchev–Trinajstić information content (AvgIpc) is 2.37. The lowest BCUT2D eigenvalue weighted by atomic mass is 10.2. The van der Waals surface area contributed by atoms with Gasteiger partial charge in [-0.05, 0) is 12.1 Å². The number of carboxylic acid groups (broad SMARTS) is 1. The molecule has 19 heavy (non-hydrogen) atoms. The van der Waals surface area contributed by atoms with Crippen molar-refractivity contribution in [1.29, 1.82) is 0 Å². The van der Waals surface area contributed by atoms with Crippen molar-refractivity contribution in [2.75, 3.05) is 13.1 Å². The first-order valence-corrected chi connectivity index (χ1v) is 5.28. The fourth-order valence-electron chi connectivity index (χ4n) is 1.64. The summed E-state index contributed by atoms with van der Waals surface area (Å²) >= 11 is 0. The highest BCUT2D eigenvalue weighted by molar-refractivity contribution is 6.06. The van der Waals surface area contributed by atoms with E-state index in [1.54, 1.807) is 0 Å². The Bertz CT molecular complexity index is 567. The second-order valence-electron chi connectivity index (χ2n) is 3.87. The number of hydrogen-bond donors (Lipinski definition) is 2. The van der Waals surface area contributed by atoms with Crippen molar-refractivity contribution in [2.24, 2.45) is 0 Å². The van der Waals surface area contributed by atoms with Gasteiger partial charge in [0.25, 0.3) is 5.91 Å². The number of aromatic nitrogens is 1. The Morgan fingerprint density at radius 1 is 1.26 bits per heavy atom. The maximum Gasteiger partial charge on any atom is 0.354 e. The van der Waals surface area contributed by atoms with Crippen molar-refractivity contribution in [3.8, 4) is 0 Å². The van der Waals surface area contributed by atoms with E-state index in [2.05, 4.69) is 10.3 Å². The minimum atomic E-state index is -1.26. The van der Waals surface area contributed by atoms with E-state index in [4.69, 9.17) is 5.11 Å². The second-order valence-corrected chi connectivity index (χ2v) is 3.87. The lowest BCUT2D eigenvalue weighted by Crippen LogP contribution is -2.53. The highest BCUT2D eigenvalue weighted by atomic mass is 16.4. The number of rotatable bonds is 2. The molecular weight excluding hydrogens is 254 g/mol. The summed E-state index contributed by atoms with van der Waals surface area (Å²) in [6.45, 7) is -0.482. The summed E-state index contributed by atoms with van der Waals surface area (Å²) in [5.74, 6) is -3.00. The zero-order valence-corrected chi connectivity index (χ0v) is 9.62. The topological polar surface area (TPSA) is 117 Å². The van der Waals surface area contributed by atoms with E-state index < -0.39 is 23.7 Å². The third-order valence-electron chi connectivity index (χ3n) is 2.46. The number of hydrogen-bond acceptors (Lipinski definition) is 5. The molecule has 8 heteroatoms. The molecule has 0 spiro atoms. The van der Waals surface area contributed by atoms with Crippen LogP contribution >= 0.6 is 0 Å². The molecule has 1 aliphatic rings. The summed E-state index contributed by atoms with van der Waals surface area (Å²) in [5, 5.41) is 10.8. The van der Waals surface area contributed by atoms with Gasteiger partial charge in [0, 0.05) is 11.8 Å². The van der Waals surface area contributed by atoms with Gasteiger partial charge in [-0.1, -0.05) is 0 Å². The van der Waals surface area contributed by atoms with Crippen LogP contribution in [0.2, 0.25) is 0 Å². The quantitative estimate of drug-likeness (QED) is 0.653. The van der Waals surface area contributed by atoms with Crippen LogP contribution in [0.15, 0.2) is 18.3 Å². The van der Waals surface area contributed by atoms with Crippen molar-refractivity contribution >= 4 is 23.7 Å². The fourth-order valence-corrected chi connectivity index (χ4v) is 1.64. The van der Waals surface area contributed by atoms with Gasteiger partial charge in [-0.25, -0.2) is 9.78 Å². The van der Waals surface area contributed by atoms with Gasteiger partial charge in [0.15, 0.2) is 0 Å². The van der Waals surface area contributed by atoms with Crippen LogP contribution in [0.1, 0.15) is 20.8 Å². The number of piperazine rings is 1. The number of nitrogens with one attached hydrogen (secondary N) is 1. The lowest BCUT2D eigenvalue weighted by Gasteiger charge is -2.25. The average molecular weight is 263 g/mol. The number of imide groups is 1. The summed E-state index contributed by atoms with van der Waals surface area (Å²) in [6, 6.07) is 2.42. The first kappa shape index (κ1) is 12.7. The van der Waals surface area contributed by atoms with E-state index in [9.17, 15) is 19.2 Å².